The van der Waals surface area contributed by atoms with Crippen molar-refractivity contribution in [2.75, 3.05) is 13.7 Å². The Labute approximate surface area is 101 Å². The van der Waals surface area contributed by atoms with E-state index in [2.05, 4.69) is 18.0 Å². The quantitative estimate of drug-likeness (QED) is 0.832. The average molecular weight is 230 g/mol. The van der Waals surface area contributed by atoms with Crippen molar-refractivity contribution in [3.63, 3.8) is 0 Å². The molecule has 0 fully saturated rings. The maximum Gasteiger partial charge on any atom is 0.142 e. The van der Waals surface area contributed by atoms with Crippen LogP contribution in [0.1, 0.15) is 29.2 Å². The second-order valence-electron chi connectivity index (χ2n) is 4.82. The molecular weight excluding hydrogens is 212 g/mol. The molecule has 90 valence electrons. The third-order valence-corrected chi connectivity index (χ3v) is 3.92. The highest BCUT2D eigenvalue weighted by Gasteiger charge is 2.27. The number of hydrogen-bond acceptors (Lipinski definition) is 2. The van der Waals surface area contributed by atoms with Crippen molar-refractivity contribution in [1.82, 2.24) is 4.98 Å². The van der Waals surface area contributed by atoms with Crippen LogP contribution in [-0.2, 0) is 6.42 Å². The predicted octanol–water partition coefficient (Wildman–Crippen LogP) is 2.47. The molecule has 1 atom stereocenters. The largest absolute Gasteiger partial charge is 0.495 e. The molecule has 0 amide bonds. The van der Waals surface area contributed by atoms with E-state index in [4.69, 9.17) is 10.5 Å². The van der Waals surface area contributed by atoms with Crippen molar-refractivity contribution in [3.05, 3.63) is 29.0 Å². The van der Waals surface area contributed by atoms with E-state index < -0.39 is 0 Å². The zero-order valence-electron chi connectivity index (χ0n) is 10.3. The van der Waals surface area contributed by atoms with Crippen molar-refractivity contribution >= 4 is 10.9 Å². The third kappa shape index (κ3) is 1.39. The molecule has 0 spiro atoms. The van der Waals surface area contributed by atoms with Gasteiger partial charge < -0.3 is 15.5 Å². The van der Waals surface area contributed by atoms with Crippen LogP contribution in [0.4, 0.5) is 0 Å². The van der Waals surface area contributed by atoms with Crippen molar-refractivity contribution in [2.24, 2.45) is 5.73 Å². The van der Waals surface area contributed by atoms with Crippen LogP contribution in [0.2, 0.25) is 0 Å². The Hall–Kier alpha value is -1.48. The number of nitrogens with one attached hydrogen (secondary N) is 1. The Morgan fingerprint density at radius 3 is 3.00 bits per heavy atom. The molecule has 1 aliphatic carbocycles. The molecule has 17 heavy (non-hydrogen) atoms. The number of hydrogen-bond donors (Lipinski definition) is 2. The van der Waals surface area contributed by atoms with E-state index in [9.17, 15) is 0 Å². The van der Waals surface area contributed by atoms with Crippen LogP contribution in [0.15, 0.2) is 12.1 Å². The van der Waals surface area contributed by atoms with Gasteiger partial charge in [-0.25, -0.2) is 0 Å². The highest BCUT2D eigenvalue weighted by Crippen LogP contribution is 2.41. The summed E-state index contributed by atoms with van der Waals surface area (Å²) in [6.07, 6.45) is 2.30. The first-order valence-corrected chi connectivity index (χ1v) is 6.14. The summed E-state index contributed by atoms with van der Waals surface area (Å²) in [6.45, 7) is 2.88. The van der Waals surface area contributed by atoms with Gasteiger partial charge in [0.1, 0.15) is 5.75 Å². The van der Waals surface area contributed by atoms with Gasteiger partial charge in [0.15, 0.2) is 0 Å². The molecule has 0 radical (unpaired) electrons. The standard InChI is InChI=1S/C14H18N2O/c1-8-3-6-11(17-2)14-12(8)10-5-4-9(7-15)13(10)16-14/h3,6,9,16H,4-5,7,15H2,1-2H3. The summed E-state index contributed by atoms with van der Waals surface area (Å²) in [5.74, 6) is 1.41. The van der Waals surface area contributed by atoms with Crippen LogP contribution < -0.4 is 10.5 Å². The van der Waals surface area contributed by atoms with Gasteiger partial charge in [-0.05, 0) is 37.0 Å². The fourth-order valence-corrected chi connectivity index (χ4v) is 3.02. The summed E-state index contributed by atoms with van der Waals surface area (Å²) in [7, 11) is 1.72. The number of fused-ring (bicyclic) bond motifs is 3. The summed E-state index contributed by atoms with van der Waals surface area (Å²) in [5, 5.41) is 1.34. The fourth-order valence-electron chi connectivity index (χ4n) is 3.02. The van der Waals surface area contributed by atoms with Crippen LogP contribution in [0.3, 0.4) is 0 Å². The van der Waals surface area contributed by atoms with Gasteiger partial charge in [-0.1, -0.05) is 6.07 Å². The summed E-state index contributed by atoms with van der Waals surface area (Å²) in [4.78, 5) is 3.53. The lowest BCUT2D eigenvalue weighted by Crippen LogP contribution is -2.09. The molecule has 1 heterocycles. The van der Waals surface area contributed by atoms with Gasteiger partial charge in [-0.2, -0.15) is 0 Å². The van der Waals surface area contributed by atoms with Crippen molar-refractivity contribution < 1.29 is 4.74 Å². The number of H-pyrrole nitrogens is 1. The molecule has 0 saturated carbocycles. The molecule has 1 aliphatic rings. The normalized spacial score (nSPS) is 18.6. The number of aromatic nitrogens is 1. The second-order valence-corrected chi connectivity index (χ2v) is 4.82. The second kappa shape index (κ2) is 3.77. The molecule has 3 N–H and O–H groups in total. The maximum absolute atomic E-state index is 5.83. The lowest BCUT2D eigenvalue weighted by molar-refractivity contribution is 0.419. The van der Waals surface area contributed by atoms with E-state index in [-0.39, 0.29) is 0 Å². The molecule has 0 aliphatic heterocycles. The molecule has 0 bridgehead atoms. The minimum Gasteiger partial charge on any atom is -0.495 e. The van der Waals surface area contributed by atoms with E-state index in [1.165, 1.54) is 28.6 Å². The molecule has 1 aromatic heterocycles. The van der Waals surface area contributed by atoms with Crippen LogP contribution in [0.25, 0.3) is 10.9 Å². The Kier molecular flexibility index (Phi) is 2.37. The van der Waals surface area contributed by atoms with E-state index >= 15 is 0 Å². The molecule has 1 aromatic carbocycles. The first-order chi connectivity index (χ1) is 8.26. The Balaban J connectivity index is 2.31. The predicted molar refractivity (Wildman–Crippen MR) is 69.7 cm³/mol. The van der Waals surface area contributed by atoms with Crippen LogP contribution in [-0.4, -0.2) is 18.6 Å². The summed E-state index contributed by atoms with van der Waals surface area (Å²) in [5.41, 5.74) is 11.1. The number of benzene rings is 1. The lowest BCUT2D eigenvalue weighted by Gasteiger charge is -2.06. The third-order valence-electron chi connectivity index (χ3n) is 3.92. The van der Waals surface area contributed by atoms with Gasteiger partial charge in [0.2, 0.25) is 0 Å². The number of methoxy groups -OCH3 is 1. The summed E-state index contributed by atoms with van der Waals surface area (Å²) in [6, 6.07) is 4.16. The first kappa shape index (κ1) is 10.7. The molecule has 0 saturated heterocycles. The number of aromatic amines is 1. The smallest absolute Gasteiger partial charge is 0.142 e. The lowest BCUT2D eigenvalue weighted by atomic mass is 10.1. The Bertz CT molecular complexity index is 571. The van der Waals surface area contributed by atoms with Gasteiger partial charge in [-0.3, -0.25) is 0 Å². The number of aryl methyl sites for hydroxylation is 2. The van der Waals surface area contributed by atoms with E-state index in [0.717, 1.165) is 24.2 Å². The molecule has 3 rings (SSSR count). The maximum atomic E-state index is 5.83. The highest BCUT2D eigenvalue weighted by atomic mass is 16.5. The first-order valence-electron chi connectivity index (χ1n) is 6.14. The molecule has 2 aromatic rings. The summed E-state index contributed by atoms with van der Waals surface area (Å²) >= 11 is 0. The van der Waals surface area contributed by atoms with Crippen molar-refractivity contribution in [1.29, 1.82) is 0 Å². The molecule has 3 nitrogen and oxygen atoms in total. The Morgan fingerprint density at radius 2 is 2.29 bits per heavy atom. The van der Waals surface area contributed by atoms with E-state index in [0.29, 0.717) is 5.92 Å². The zero-order chi connectivity index (χ0) is 12.0. The van der Waals surface area contributed by atoms with E-state index in [1.54, 1.807) is 7.11 Å². The Morgan fingerprint density at radius 1 is 1.47 bits per heavy atom. The molecular formula is C14H18N2O. The number of nitrogens with two attached hydrogens (primary N) is 1. The fraction of sp³-hybridized carbons (Fsp3) is 0.429. The monoisotopic (exact) mass is 230 g/mol. The van der Waals surface area contributed by atoms with Gasteiger partial charge in [0.25, 0.3) is 0 Å². The van der Waals surface area contributed by atoms with Crippen LogP contribution in [0, 0.1) is 6.92 Å². The van der Waals surface area contributed by atoms with Gasteiger partial charge in [0.05, 0.1) is 12.6 Å². The highest BCUT2D eigenvalue weighted by molar-refractivity contribution is 5.93. The minimum absolute atomic E-state index is 0.488. The van der Waals surface area contributed by atoms with Crippen LogP contribution in [0.5, 0.6) is 5.75 Å². The van der Waals surface area contributed by atoms with Crippen molar-refractivity contribution in [3.8, 4) is 5.75 Å². The number of ether oxygens (including phenoxy) is 1. The van der Waals surface area contributed by atoms with Crippen LogP contribution >= 0.6 is 0 Å². The minimum atomic E-state index is 0.488. The average Bonchev–Trinajstić information content (AvgIpc) is 2.87. The summed E-state index contributed by atoms with van der Waals surface area (Å²) < 4.78 is 5.43. The topological polar surface area (TPSA) is 51.0 Å². The van der Waals surface area contributed by atoms with Crippen molar-refractivity contribution in [2.45, 2.75) is 25.7 Å². The van der Waals surface area contributed by atoms with Gasteiger partial charge >= 0.3 is 0 Å². The molecule has 3 heteroatoms. The van der Waals surface area contributed by atoms with Gasteiger partial charge in [0, 0.05) is 23.5 Å². The molecule has 1 unspecified atom stereocenters. The zero-order valence-corrected chi connectivity index (χ0v) is 10.3. The van der Waals surface area contributed by atoms with E-state index in [1.807, 2.05) is 6.07 Å². The number of rotatable bonds is 2. The van der Waals surface area contributed by atoms with Gasteiger partial charge in [-0.15, -0.1) is 0 Å². The SMILES string of the molecule is COc1ccc(C)c2c3c([nH]c12)C(CN)CC3.